The summed E-state index contributed by atoms with van der Waals surface area (Å²) >= 11 is 0. The number of ether oxygens (including phenoxy) is 2. The van der Waals surface area contributed by atoms with Crippen LogP contribution in [-0.2, 0) is 6.54 Å². The topological polar surface area (TPSA) is 78.1 Å². The molecule has 0 saturated carbocycles. The Balaban J connectivity index is 2.22. The summed E-state index contributed by atoms with van der Waals surface area (Å²) in [6, 6.07) is 14.9. The predicted octanol–water partition coefficient (Wildman–Crippen LogP) is 3.45. The number of hydrogen-bond acceptors (Lipinski definition) is 5. The van der Waals surface area contributed by atoms with Crippen LogP contribution in [0.15, 0.2) is 36.4 Å². The minimum atomic E-state index is 0.446. The summed E-state index contributed by atoms with van der Waals surface area (Å²) in [5.74, 6) is 1.34. The van der Waals surface area contributed by atoms with Crippen molar-refractivity contribution in [2.24, 2.45) is 0 Å². The molecule has 0 spiro atoms. The second-order valence-electron chi connectivity index (χ2n) is 4.72. The fraction of sp³-hybridized carbons (Fsp3) is 0.222. The summed E-state index contributed by atoms with van der Waals surface area (Å²) < 4.78 is 10.8. The minimum Gasteiger partial charge on any atom is -0.493 e. The van der Waals surface area contributed by atoms with Gasteiger partial charge in [-0.3, -0.25) is 0 Å². The van der Waals surface area contributed by atoms with Crippen molar-refractivity contribution < 1.29 is 9.47 Å². The summed E-state index contributed by atoms with van der Waals surface area (Å²) in [4.78, 5) is 0. The lowest BCUT2D eigenvalue weighted by Gasteiger charge is -2.13. The van der Waals surface area contributed by atoms with E-state index in [2.05, 4.69) is 17.5 Å². The van der Waals surface area contributed by atoms with E-state index < -0.39 is 0 Å². The molecule has 0 saturated heterocycles. The number of rotatable bonds is 6. The van der Waals surface area contributed by atoms with Crippen LogP contribution in [0.3, 0.4) is 0 Å². The van der Waals surface area contributed by atoms with Gasteiger partial charge in [0, 0.05) is 6.54 Å². The van der Waals surface area contributed by atoms with Gasteiger partial charge in [-0.2, -0.15) is 10.5 Å². The van der Waals surface area contributed by atoms with Crippen LogP contribution in [0.1, 0.15) is 23.6 Å². The van der Waals surface area contributed by atoms with Gasteiger partial charge >= 0.3 is 0 Å². The van der Waals surface area contributed by atoms with E-state index in [4.69, 9.17) is 9.47 Å². The number of nitriles is 2. The molecule has 5 heteroatoms. The Labute approximate surface area is 135 Å². The molecule has 0 aliphatic heterocycles. The van der Waals surface area contributed by atoms with Gasteiger partial charge in [-0.25, -0.2) is 0 Å². The Bertz CT molecular complexity index is 741. The first-order valence-electron chi connectivity index (χ1n) is 7.20. The van der Waals surface area contributed by atoms with E-state index in [-0.39, 0.29) is 0 Å². The molecule has 0 amide bonds. The van der Waals surface area contributed by atoms with Gasteiger partial charge in [-0.1, -0.05) is 12.1 Å². The van der Waals surface area contributed by atoms with Gasteiger partial charge in [0.1, 0.15) is 12.1 Å². The largest absolute Gasteiger partial charge is 0.493 e. The number of nitrogens with zero attached hydrogens (tertiary/aromatic N) is 2. The molecule has 23 heavy (non-hydrogen) atoms. The highest BCUT2D eigenvalue weighted by Gasteiger charge is 2.09. The third-order valence-electron chi connectivity index (χ3n) is 3.30. The Hall–Kier alpha value is -3.18. The number of benzene rings is 2. The molecule has 0 aromatic heterocycles. The maximum Gasteiger partial charge on any atom is 0.161 e. The molecular formula is C18H17N3O2. The van der Waals surface area contributed by atoms with Crippen LogP contribution in [-0.4, -0.2) is 13.7 Å². The highest BCUT2D eigenvalue weighted by atomic mass is 16.5. The smallest absolute Gasteiger partial charge is 0.161 e. The Morgan fingerprint density at radius 1 is 1.04 bits per heavy atom. The van der Waals surface area contributed by atoms with Crippen molar-refractivity contribution >= 4 is 5.69 Å². The standard InChI is InChI=1S/C18H17N3O2/c1-3-23-16-8-7-13(9-17(16)22-2)12-21-18-14(10-19)5-4-6-15(18)11-20/h4-9,21H,3,12H2,1-2H3. The van der Waals surface area contributed by atoms with Crippen molar-refractivity contribution in [2.45, 2.75) is 13.5 Å². The van der Waals surface area contributed by atoms with E-state index in [9.17, 15) is 10.5 Å². The third-order valence-corrected chi connectivity index (χ3v) is 3.30. The van der Waals surface area contributed by atoms with Crippen molar-refractivity contribution in [3.8, 4) is 23.6 Å². The highest BCUT2D eigenvalue weighted by molar-refractivity contribution is 5.66. The van der Waals surface area contributed by atoms with E-state index in [0.29, 0.717) is 41.5 Å². The third kappa shape index (κ3) is 3.72. The van der Waals surface area contributed by atoms with E-state index in [1.165, 1.54) is 0 Å². The highest BCUT2D eigenvalue weighted by Crippen LogP contribution is 2.29. The van der Waals surface area contributed by atoms with Crippen molar-refractivity contribution in [2.75, 3.05) is 19.0 Å². The van der Waals surface area contributed by atoms with E-state index in [1.54, 1.807) is 25.3 Å². The zero-order chi connectivity index (χ0) is 16.7. The summed E-state index contributed by atoms with van der Waals surface area (Å²) in [7, 11) is 1.59. The SMILES string of the molecule is CCOc1ccc(CNc2c(C#N)cccc2C#N)cc1OC. The number of hydrogen-bond donors (Lipinski definition) is 1. The minimum absolute atomic E-state index is 0.446. The lowest BCUT2D eigenvalue weighted by atomic mass is 10.1. The maximum absolute atomic E-state index is 9.18. The molecule has 2 rings (SSSR count). The molecule has 0 heterocycles. The summed E-state index contributed by atoms with van der Waals surface area (Å²) in [6.45, 7) is 2.95. The normalized spacial score (nSPS) is 9.57. The lowest BCUT2D eigenvalue weighted by Crippen LogP contribution is -2.04. The van der Waals surface area contributed by atoms with Gasteiger partial charge in [0.05, 0.1) is 30.5 Å². The van der Waals surface area contributed by atoms with Crippen molar-refractivity contribution in [3.63, 3.8) is 0 Å². The quantitative estimate of drug-likeness (QED) is 0.884. The van der Waals surface area contributed by atoms with Crippen LogP contribution < -0.4 is 14.8 Å². The van der Waals surface area contributed by atoms with Crippen LogP contribution in [0, 0.1) is 22.7 Å². The number of para-hydroxylation sites is 1. The fourth-order valence-corrected chi connectivity index (χ4v) is 2.22. The molecule has 0 aliphatic carbocycles. The molecule has 0 fully saturated rings. The molecule has 1 N–H and O–H groups in total. The van der Waals surface area contributed by atoms with E-state index >= 15 is 0 Å². The molecular weight excluding hydrogens is 290 g/mol. The Kier molecular flexibility index (Phi) is 5.44. The number of anilines is 1. The average molecular weight is 307 g/mol. The first kappa shape index (κ1) is 16.2. The van der Waals surface area contributed by atoms with E-state index in [1.807, 2.05) is 25.1 Å². The first-order chi connectivity index (χ1) is 11.2. The fourth-order valence-electron chi connectivity index (χ4n) is 2.22. The number of nitrogens with one attached hydrogen (secondary N) is 1. The monoisotopic (exact) mass is 307 g/mol. The van der Waals surface area contributed by atoms with Gasteiger partial charge in [-0.05, 0) is 36.8 Å². The van der Waals surface area contributed by atoms with E-state index in [0.717, 1.165) is 5.56 Å². The van der Waals surface area contributed by atoms with Gasteiger partial charge in [0.15, 0.2) is 11.5 Å². The molecule has 2 aromatic carbocycles. The molecule has 0 atom stereocenters. The number of methoxy groups -OCH3 is 1. The molecule has 0 aliphatic rings. The first-order valence-corrected chi connectivity index (χ1v) is 7.20. The zero-order valence-electron chi connectivity index (χ0n) is 13.1. The van der Waals surface area contributed by atoms with Gasteiger partial charge in [0.2, 0.25) is 0 Å². The van der Waals surface area contributed by atoms with Crippen molar-refractivity contribution in [1.29, 1.82) is 10.5 Å². The van der Waals surface area contributed by atoms with Crippen LogP contribution >= 0.6 is 0 Å². The van der Waals surface area contributed by atoms with Crippen molar-refractivity contribution in [1.82, 2.24) is 0 Å². The molecule has 116 valence electrons. The summed E-state index contributed by atoms with van der Waals surface area (Å²) in [5.41, 5.74) is 2.40. The molecule has 5 nitrogen and oxygen atoms in total. The van der Waals surface area contributed by atoms with Crippen LogP contribution in [0.2, 0.25) is 0 Å². The van der Waals surface area contributed by atoms with Gasteiger partial charge in [-0.15, -0.1) is 0 Å². The average Bonchev–Trinajstić information content (AvgIpc) is 2.60. The second-order valence-corrected chi connectivity index (χ2v) is 4.72. The second kappa shape index (κ2) is 7.72. The summed E-state index contributed by atoms with van der Waals surface area (Å²) in [5, 5.41) is 21.5. The Morgan fingerprint density at radius 3 is 2.30 bits per heavy atom. The van der Waals surface area contributed by atoms with Crippen LogP contribution in [0.5, 0.6) is 11.5 Å². The summed E-state index contributed by atoms with van der Waals surface area (Å²) in [6.07, 6.45) is 0. The Morgan fingerprint density at radius 2 is 1.74 bits per heavy atom. The van der Waals surface area contributed by atoms with Crippen LogP contribution in [0.4, 0.5) is 5.69 Å². The van der Waals surface area contributed by atoms with Crippen molar-refractivity contribution in [3.05, 3.63) is 53.1 Å². The lowest BCUT2D eigenvalue weighted by molar-refractivity contribution is 0.310. The molecule has 0 unspecified atom stereocenters. The molecule has 2 aromatic rings. The zero-order valence-corrected chi connectivity index (χ0v) is 13.1. The predicted molar refractivity (Wildman–Crippen MR) is 87.4 cm³/mol. The van der Waals surface area contributed by atoms with Gasteiger partial charge < -0.3 is 14.8 Å². The molecule has 0 radical (unpaired) electrons. The maximum atomic E-state index is 9.18. The van der Waals surface area contributed by atoms with Crippen LogP contribution in [0.25, 0.3) is 0 Å². The molecule has 0 bridgehead atoms. The van der Waals surface area contributed by atoms with Gasteiger partial charge in [0.25, 0.3) is 0 Å².